The standard InChI is InChI=1S/C30H43F3O2/c1-27-16-15-25-23(13-11-22-19-29(35,30(31,32)33)18-17-28(22,25)2)24(27)14-12-21(27)9-6-10-26(34)20-7-4-3-5-8-20/h3-5,7-8,21-26,34-35H,6,9-19H2,1-2H3/t21?,22?,23?,24?,25?,26?,27?,28?,29-/m0/s1. The molecule has 0 aliphatic heterocycles. The van der Waals surface area contributed by atoms with E-state index in [-0.39, 0.29) is 24.2 Å². The van der Waals surface area contributed by atoms with Gasteiger partial charge in [0, 0.05) is 0 Å². The Hall–Kier alpha value is -1.07. The van der Waals surface area contributed by atoms with Gasteiger partial charge in [-0.2, -0.15) is 13.2 Å². The van der Waals surface area contributed by atoms with Crippen LogP contribution in [0.15, 0.2) is 30.3 Å². The second-order valence-electron chi connectivity index (χ2n) is 13.1. The number of halogens is 3. The van der Waals surface area contributed by atoms with Crippen LogP contribution in [0.2, 0.25) is 0 Å². The highest BCUT2D eigenvalue weighted by Crippen LogP contribution is 2.69. The van der Waals surface area contributed by atoms with E-state index < -0.39 is 17.9 Å². The minimum Gasteiger partial charge on any atom is -0.388 e. The van der Waals surface area contributed by atoms with Crippen LogP contribution in [0.4, 0.5) is 13.2 Å². The van der Waals surface area contributed by atoms with Crippen LogP contribution < -0.4 is 0 Å². The summed E-state index contributed by atoms with van der Waals surface area (Å²) in [7, 11) is 0. The zero-order valence-corrected chi connectivity index (χ0v) is 21.4. The van der Waals surface area contributed by atoms with Crippen molar-refractivity contribution in [2.45, 2.75) is 109 Å². The molecule has 5 heteroatoms. The Morgan fingerprint density at radius 3 is 2.34 bits per heavy atom. The van der Waals surface area contributed by atoms with Crippen molar-refractivity contribution in [2.24, 2.45) is 40.4 Å². The summed E-state index contributed by atoms with van der Waals surface area (Å²) in [6.45, 7) is 4.75. The summed E-state index contributed by atoms with van der Waals surface area (Å²) in [5, 5.41) is 21.0. The van der Waals surface area contributed by atoms with E-state index in [0.717, 1.165) is 44.1 Å². The SMILES string of the molecule is CC12CCC3C(CCC4C[C@](O)(C(F)(F)F)CCC43C)C1CCC2CCCC(O)c1ccccc1. The lowest BCUT2D eigenvalue weighted by molar-refractivity contribution is -0.290. The number of alkyl halides is 3. The lowest BCUT2D eigenvalue weighted by Crippen LogP contribution is -2.59. The number of benzene rings is 1. The van der Waals surface area contributed by atoms with E-state index in [2.05, 4.69) is 13.8 Å². The van der Waals surface area contributed by atoms with Gasteiger partial charge in [0.2, 0.25) is 0 Å². The van der Waals surface area contributed by atoms with Crippen LogP contribution >= 0.6 is 0 Å². The Kier molecular flexibility index (Phi) is 6.61. The molecular formula is C30H43F3O2. The summed E-state index contributed by atoms with van der Waals surface area (Å²) >= 11 is 0. The van der Waals surface area contributed by atoms with Gasteiger partial charge in [-0.05, 0) is 117 Å². The number of fused-ring (bicyclic) bond motifs is 5. The maximum Gasteiger partial charge on any atom is 0.417 e. The normalized spacial score (nSPS) is 44.3. The molecule has 2 nitrogen and oxygen atoms in total. The minimum absolute atomic E-state index is 0.0230. The van der Waals surface area contributed by atoms with E-state index in [4.69, 9.17) is 0 Å². The molecule has 0 saturated heterocycles. The molecule has 0 spiro atoms. The topological polar surface area (TPSA) is 40.5 Å². The van der Waals surface area contributed by atoms with Gasteiger partial charge in [0.1, 0.15) is 0 Å². The molecule has 5 rings (SSSR count). The zero-order valence-electron chi connectivity index (χ0n) is 21.4. The molecule has 196 valence electrons. The molecule has 2 N–H and O–H groups in total. The molecule has 4 aliphatic carbocycles. The van der Waals surface area contributed by atoms with Crippen LogP contribution in [0.25, 0.3) is 0 Å². The summed E-state index contributed by atoms with van der Waals surface area (Å²) in [6, 6.07) is 9.92. The van der Waals surface area contributed by atoms with Crippen LogP contribution in [0.1, 0.15) is 103 Å². The highest BCUT2D eigenvalue weighted by atomic mass is 19.4. The number of rotatable bonds is 5. The zero-order chi connectivity index (χ0) is 25.1. The van der Waals surface area contributed by atoms with Crippen molar-refractivity contribution < 1.29 is 23.4 Å². The molecule has 4 fully saturated rings. The smallest absolute Gasteiger partial charge is 0.388 e. The lowest BCUT2D eigenvalue weighted by atomic mass is 9.43. The Bertz CT molecular complexity index is 887. The summed E-state index contributed by atoms with van der Waals surface area (Å²) < 4.78 is 40.8. The van der Waals surface area contributed by atoms with E-state index in [9.17, 15) is 23.4 Å². The minimum atomic E-state index is -4.52. The molecule has 4 aliphatic rings. The van der Waals surface area contributed by atoms with Gasteiger partial charge in [-0.3, -0.25) is 0 Å². The highest BCUT2D eigenvalue weighted by molar-refractivity contribution is 5.17. The maximum absolute atomic E-state index is 13.6. The monoisotopic (exact) mass is 492 g/mol. The molecule has 1 aromatic carbocycles. The van der Waals surface area contributed by atoms with Crippen LogP contribution in [-0.2, 0) is 0 Å². The number of hydrogen-bond donors (Lipinski definition) is 2. The number of aliphatic hydroxyl groups is 2. The molecule has 0 amide bonds. The van der Waals surface area contributed by atoms with Gasteiger partial charge < -0.3 is 10.2 Å². The van der Waals surface area contributed by atoms with Crippen LogP contribution in [0, 0.1) is 40.4 Å². The highest BCUT2D eigenvalue weighted by Gasteiger charge is 2.64. The van der Waals surface area contributed by atoms with Gasteiger partial charge >= 0.3 is 6.18 Å². The Morgan fingerprint density at radius 1 is 0.914 bits per heavy atom. The second kappa shape index (κ2) is 9.04. The Morgan fingerprint density at radius 2 is 1.63 bits per heavy atom. The fourth-order valence-corrected chi connectivity index (χ4v) is 9.49. The van der Waals surface area contributed by atoms with E-state index >= 15 is 0 Å². The fraction of sp³-hybridized carbons (Fsp3) is 0.800. The molecular weight excluding hydrogens is 449 g/mol. The van der Waals surface area contributed by atoms with Crippen LogP contribution in [0.5, 0.6) is 0 Å². The van der Waals surface area contributed by atoms with Crippen molar-refractivity contribution in [1.29, 1.82) is 0 Å². The first kappa shape index (κ1) is 25.6. The fourth-order valence-electron chi connectivity index (χ4n) is 9.49. The molecule has 9 atom stereocenters. The third kappa shape index (κ3) is 4.27. The largest absolute Gasteiger partial charge is 0.417 e. The van der Waals surface area contributed by atoms with Crippen molar-refractivity contribution in [2.75, 3.05) is 0 Å². The average Bonchev–Trinajstić information content (AvgIpc) is 3.16. The van der Waals surface area contributed by atoms with Gasteiger partial charge in [0.25, 0.3) is 0 Å². The molecule has 35 heavy (non-hydrogen) atoms. The van der Waals surface area contributed by atoms with Gasteiger partial charge in [-0.25, -0.2) is 0 Å². The second-order valence-corrected chi connectivity index (χ2v) is 13.1. The number of aliphatic hydroxyl groups excluding tert-OH is 1. The number of hydrogen-bond acceptors (Lipinski definition) is 2. The first-order valence-corrected chi connectivity index (χ1v) is 14.0. The van der Waals surface area contributed by atoms with Crippen molar-refractivity contribution in [3.05, 3.63) is 35.9 Å². The van der Waals surface area contributed by atoms with Gasteiger partial charge in [0.05, 0.1) is 6.10 Å². The van der Waals surface area contributed by atoms with Crippen LogP contribution in [-0.4, -0.2) is 22.0 Å². The van der Waals surface area contributed by atoms with E-state index in [0.29, 0.717) is 35.5 Å². The predicted molar refractivity (Wildman–Crippen MR) is 131 cm³/mol. The quantitative estimate of drug-likeness (QED) is 0.439. The third-order valence-electron chi connectivity index (χ3n) is 11.7. The summed E-state index contributed by atoms with van der Waals surface area (Å²) in [5.41, 5.74) is -1.24. The Labute approximate surface area is 208 Å². The Balaban J connectivity index is 1.23. The lowest BCUT2D eigenvalue weighted by Gasteiger charge is -2.62. The first-order chi connectivity index (χ1) is 16.5. The van der Waals surface area contributed by atoms with E-state index in [1.807, 2.05) is 30.3 Å². The van der Waals surface area contributed by atoms with Crippen molar-refractivity contribution in [1.82, 2.24) is 0 Å². The molecule has 0 bridgehead atoms. The first-order valence-electron chi connectivity index (χ1n) is 14.0. The van der Waals surface area contributed by atoms with Gasteiger partial charge in [-0.15, -0.1) is 0 Å². The molecule has 0 heterocycles. The predicted octanol–water partition coefficient (Wildman–Crippen LogP) is 7.84. The molecule has 0 aromatic heterocycles. The van der Waals surface area contributed by atoms with Crippen molar-refractivity contribution >= 4 is 0 Å². The van der Waals surface area contributed by atoms with E-state index in [1.165, 1.54) is 19.3 Å². The summed E-state index contributed by atoms with van der Waals surface area (Å²) in [4.78, 5) is 0. The van der Waals surface area contributed by atoms with Crippen molar-refractivity contribution in [3.63, 3.8) is 0 Å². The maximum atomic E-state index is 13.6. The summed E-state index contributed by atoms with van der Waals surface area (Å²) in [6.07, 6.45) is 4.98. The van der Waals surface area contributed by atoms with Gasteiger partial charge in [0.15, 0.2) is 5.60 Å². The molecule has 4 saturated carbocycles. The molecule has 1 aromatic rings. The summed E-state index contributed by atoms with van der Waals surface area (Å²) in [5.74, 6) is 2.45. The van der Waals surface area contributed by atoms with Crippen LogP contribution in [0.3, 0.4) is 0 Å². The average molecular weight is 493 g/mol. The molecule has 0 radical (unpaired) electrons. The van der Waals surface area contributed by atoms with Crippen molar-refractivity contribution in [3.8, 4) is 0 Å². The third-order valence-corrected chi connectivity index (χ3v) is 11.7. The molecule has 8 unspecified atom stereocenters. The van der Waals surface area contributed by atoms with Gasteiger partial charge in [-0.1, -0.05) is 50.6 Å². The van der Waals surface area contributed by atoms with E-state index in [1.54, 1.807) is 0 Å².